The number of piperidine rings is 1. The van der Waals surface area contributed by atoms with E-state index in [-0.39, 0.29) is 29.0 Å². The lowest BCUT2D eigenvalue weighted by Gasteiger charge is -2.31. The highest BCUT2D eigenvalue weighted by Crippen LogP contribution is 2.21. The summed E-state index contributed by atoms with van der Waals surface area (Å²) < 4.78 is 14.9. The largest absolute Gasteiger partial charge is 0.339 e. The normalized spacial score (nSPS) is 15.3. The number of nitrogens with one attached hydrogen (secondary N) is 1. The van der Waals surface area contributed by atoms with Crippen LogP contribution in [-0.2, 0) is 4.79 Å². The van der Waals surface area contributed by atoms with Gasteiger partial charge in [0.05, 0.1) is 5.39 Å². The maximum atomic E-state index is 13.7. The van der Waals surface area contributed by atoms with Crippen LogP contribution in [0.3, 0.4) is 0 Å². The smallest absolute Gasteiger partial charge is 0.330 e. The van der Waals surface area contributed by atoms with E-state index in [2.05, 4.69) is 9.97 Å². The number of aromatic amines is 1. The Hall–Kier alpha value is -3.55. The predicted molar refractivity (Wildman–Crippen MR) is 107 cm³/mol. The molecule has 1 saturated heterocycles. The topological polar surface area (TPSA) is 88.1 Å². The summed E-state index contributed by atoms with van der Waals surface area (Å²) in [4.78, 5) is 45.8. The Morgan fingerprint density at radius 3 is 2.66 bits per heavy atom. The number of hydrogen-bond donors (Lipinski definition) is 1. The maximum Gasteiger partial charge on any atom is 0.330 e. The van der Waals surface area contributed by atoms with Gasteiger partial charge >= 0.3 is 5.69 Å². The summed E-state index contributed by atoms with van der Waals surface area (Å²) in [6, 6.07) is 9.20. The number of fused-ring (bicyclic) bond motifs is 1. The standard InChI is InChI=1S/C21H19FN4O3/c22-17-6-2-1-4-14(17)7-8-18(27)25-12-9-15(10-13-25)26-20(28)16-5-3-11-23-19(16)24-21(26)29/h1-8,11,15H,9-10,12-13H2,(H,23,24,29). The molecular formula is C21H19FN4O3. The number of carbonyl (C=O) groups excluding carboxylic acids is 1. The maximum absolute atomic E-state index is 13.7. The summed E-state index contributed by atoms with van der Waals surface area (Å²) in [6.07, 6.45) is 5.28. The zero-order valence-electron chi connectivity index (χ0n) is 15.5. The van der Waals surface area contributed by atoms with Crippen LogP contribution < -0.4 is 11.2 Å². The number of H-pyrrole nitrogens is 1. The van der Waals surface area contributed by atoms with E-state index in [4.69, 9.17) is 0 Å². The van der Waals surface area contributed by atoms with Crippen LogP contribution in [0.5, 0.6) is 0 Å². The summed E-state index contributed by atoms with van der Waals surface area (Å²) in [5.74, 6) is -0.615. The second kappa shape index (κ2) is 7.83. The molecule has 3 aromatic rings. The van der Waals surface area contributed by atoms with E-state index < -0.39 is 5.69 Å². The van der Waals surface area contributed by atoms with E-state index in [0.29, 0.717) is 36.9 Å². The average Bonchev–Trinajstić information content (AvgIpc) is 2.73. The first-order chi connectivity index (χ1) is 14.0. The molecule has 0 saturated carbocycles. The van der Waals surface area contributed by atoms with Crippen molar-refractivity contribution in [2.75, 3.05) is 13.1 Å². The second-order valence-corrected chi connectivity index (χ2v) is 6.92. The molecule has 2 aromatic heterocycles. The molecule has 0 radical (unpaired) electrons. The molecule has 0 spiro atoms. The number of amides is 1. The Kier molecular flexibility index (Phi) is 5.07. The first-order valence-electron chi connectivity index (χ1n) is 9.35. The minimum absolute atomic E-state index is 0.226. The lowest BCUT2D eigenvalue weighted by atomic mass is 10.0. The fourth-order valence-corrected chi connectivity index (χ4v) is 3.61. The third-order valence-electron chi connectivity index (χ3n) is 5.15. The lowest BCUT2D eigenvalue weighted by Crippen LogP contribution is -2.44. The SMILES string of the molecule is O=C(C=Cc1ccccc1F)N1CCC(n2c(=O)[nH]c3ncccc3c2=O)CC1. The monoisotopic (exact) mass is 394 g/mol. The molecule has 1 fully saturated rings. The molecule has 7 nitrogen and oxygen atoms in total. The minimum atomic E-state index is -0.495. The zero-order valence-corrected chi connectivity index (χ0v) is 15.5. The molecular weight excluding hydrogens is 375 g/mol. The van der Waals surface area contributed by atoms with E-state index in [1.165, 1.54) is 29.0 Å². The van der Waals surface area contributed by atoms with Crippen molar-refractivity contribution in [3.63, 3.8) is 0 Å². The lowest BCUT2D eigenvalue weighted by molar-refractivity contribution is -0.127. The van der Waals surface area contributed by atoms with E-state index in [1.807, 2.05) is 0 Å². The first kappa shape index (κ1) is 18.8. The van der Waals surface area contributed by atoms with Crippen LogP contribution >= 0.6 is 0 Å². The van der Waals surface area contributed by atoms with E-state index >= 15 is 0 Å². The van der Waals surface area contributed by atoms with Crippen molar-refractivity contribution in [3.05, 3.63) is 80.9 Å². The Morgan fingerprint density at radius 2 is 1.90 bits per heavy atom. The fourth-order valence-electron chi connectivity index (χ4n) is 3.61. The number of aromatic nitrogens is 3. The summed E-state index contributed by atoms with van der Waals surface area (Å²) in [7, 11) is 0. The van der Waals surface area contributed by atoms with Gasteiger partial charge in [-0.25, -0.2) is 14.2 Å². The van der Waals surface area contributed by atoms with Gasteiger partial charge in [-0.3, -0.25) is 19.1 Å². The molecule has 3 heterocycles. The van der Waals surface area contributed by atoms with Crippen LogP contribution in [0.1, 0.15) is 24.4 Å². The van der Waals surface area contributed by atoms with E-state index in [9.17, 15) is 18.8 Å². The van der Waals surface area contributed by atoms with Crippen molar-refractivity contribution in [1.29, 1.82) is 0 Å². The molecule has 4 rings (SSSR count). The highest BCUT2D eigenvalue weighted by Gasteiger charge is 2.25. The number of benzene rings is 1. The van der Waals surface area contributed by atoms with Gasteiger partial charge in [0.1, 0.15) is 11.5 Å². The van der Waals surface area contributed by atoms with Gasteiger partial charge in [-0.1, -0.05) is 18.2 Å². The van der Waals surface area contributed by atoms with Crippen LogP contribution in [0.15, 0.2) is 58.3 Å². The fraction of sp³-hybridized carbons (Fsp3) is 0.238. The van der Waals surface area contributed by atoms with Crippen LogP contribution in [-0.4, -0.2) is 38.4 Å². The molecule has 0 aliphatic carbocycles. The second-order valence-electron chi connectivity index (χ2n) is 6.92. The number of carbonyl (C=O) groups is 1. The summed E-state index contributed by atoms with van der Waals surface area (Å²) in [5.41, 5.74) is -0.255. The van der Waals surface area contributed by atoms with Crippen molar-refractivity contribution >= 4 is 23.0 Å². The van der Waals surface area contributed by atoms with Crippen LogP contribution in [0.25, 0.3) is 17.1 Å². The average molecular weight is 394 g/mol. The Bertz CT molecular complexity index is 1210. The Morgan fingerprint density at radius 1 is 1.14 bits per heavy atom. The van der Waals surface area contributed by atoms with Crippen molar-refractivity contribution in [3.8, 4) is 0 Å². The Balaban J connectivity index is 1.48. The molecule has 8 heteroatoms. The van der Waals surface area contributed by atoms with Gasteiger partial charge in [0.25, 0.3) is 5.56 Å². The van der Waals surface area contributed by atoms with Gasteiger partial charge < -0.3 is 4.90 Å². The third kappa shape index (κ3) is 3.73. The molecule has 1 N–H and O–H groups in total. The molecule has 148 valence electrons. The van der Waals surface area contributed by atoms with Crippen LogP contribution in [0.2, 0.25) is 0 Å². The number of hydrogen-bond acceptors (Lipinski definition) is 4. The third-order valence-corrected chi connectivity index (χ3v) is 5.15. The number of pyridine rings is 1. The van der Waals surface area contributed by atoms with Gasteiger partial charge in [-0.15, -0.1) is 0 Å². The quantitative estimate of drug-likeness (QED) is 0.689. The minimum Gasteiger partial charge on any atom is -0.339 e. The molecule has 0 unspecified atom stereocenters. The van der Waals surface area contributed by atoms with Crippen molar-refractivity contribution in [2.45, 2.75) is 18.9 Å². The van der Waals surface area contributed by atoms with E-state index in [1.54, 1.807) is 35.2 Å². The molecule has 1 aliphatic rings. The first-order valence-corrected chi connectivity index (χ1v) is 9.35. The highest BCUT2D eigenvalue weighted by atomic mass is 19.1. The van der Waals surface area contributed by atoms with Crippen LogP contribution in [0, 0.1) is 5.82 Å². The molecule has 1 aromatic carbocycles. The summed E-state index contributed by atoms with van der Waals surface area (Å²) in [6.45, 7) is 0.810. The number of halogens is 1. The molecule has 0 atom stereocenters. The molecule has 1 aliphatic heterocycles. The predicted octanol–water partition coefficient (Wildman–Crippen LogP) is 2.10. The molecule has 0 bridgehead atoms. The van der Waals surface area contributed by atoms with Crippen LogP contribution in [0.4, 0.5) is 4.39 Å². The molecule has 1 amide bonds. The van der Waals surface area contributed by atoms with Gasteiger partial charge in [0.2, 0.25) is 5.91 Å². The Labute approximate surface area is 165 Å². The summed E-state index contributed by atoms with van der Waals surface area (Å²) >= 11 is 0. The van der Waals surface area contributed by atoms with Gasteiger partial charge in [0, 0.05) is 37.0 Å². The van der Waals surface area contributed by atoms with Crippen molar-refractivity contribution < 1.29 is 9.18 Å². The van der Waals surface area contributed by atoms with Gasteiger partial charge in [0.15, 0.2) is 0 Å². The highest BCUT2D eigenvalue weighted by molar-refractivity contribution is 5.91. The van der Waals surface area contributed by atoms with Crippen molar-refractivity contribution in [2.24, 2.45) is 0 Å². The van der Waals surface area contributed by atoms with Gasteiger partial charge in [-0.2, -0.15) is 0 Å². The van der Waals surface area contributed by atoms with E-state index in [0.717, 1.165) is 0 Å². The van der Waals surface area contributed by atoms with Crippen molar-refractivity contribution in [1.82, 2.24) is 19.4 Å². The zero-order chi connectivity index (χ0) is 20.4. The number of rotatable bonds is 3. The summed E-state index contributed by atoms with van der Waals surface area (Å²) in [5, 5.41) is 0.360. The van der Waals surface area contributed by atoms with Gasteiger partial charge in [-0.05, 0) is 37.1 Å². The molecule has 29 heavy (non-hydrogen) atoms. The number of likely N-dealkylation sites (tertiary alicyclic amines) is 1. The number of nitrogens with zero attached hydrogens (tertiary/aromatic N) is 3.